The van der Waals surface area contributed by atoms with Crippen LogP contribution in [0.2, 0.25) is 0 Å². The predicted octanol–water partition coefficient (Wildman–Crippen LogP) is 3.56. The van der Waals surface area contributed by atoms with Crippen LogP contribution >= 0.6 is 0 Å². The number of aryl methyl sites for hydroxylation is 2. The van der Waals surface area contributed by atoms with Crippen LogP contribution in [-0.4, -0.2) is 37.3 Å². The number of nitrogens with zero attached hydrogens (tertiary/aromatic N) is 5. The molecule has 0 saturated heterocycles. The maximum atomic E-state index is 12.2. The zero-order chi connectivity index (χ0) is 20.1. The van der Waals surface area contributed by atoms with Crippen molar-refractivity contribution in [2.45, 2.75) is 33.6 Å². The maximum Gasteiger partial charge on any atom is 0.359 e. The number of anilines is 2. The summed E-state index contributed by atoms with van der Waals surface area (Å²) >= 11 is 0. The Labute approximate surface area is 165 Å². The van der Waals surface area contributed by atoms with Crippen LogP contribution in [0.1, 0.15) is 43.8 Å². The van der Waals surface area contributed by atoms with Crippen molar-refractivity contribution in [2.24, 2.45) is 7.05 Å². The van der Waals surface area contributed by atoms with Gasteiger partial charge in [0, 0.05) is 26.4 Å². The Morgan fingerprint density at radius 2 is 2.11 bits per heavy atom. The van der Waals surface area contributed by atoms with Crippen molar-refractivity contribution in [3.05, 3.63) is 47.4 Å². The van der Waals surface area contributed by atoms with Gasteiger partial charge in [-0.1, -0.05) is 19.9 Å². The van der Waals surface area contributed by atoms with Crippen LogP contribution in [0.4, 0.5) is 11.8 Å². The van der Waals surface area contributed by atoms with Crippen LogP contribution in [0.25, 0.3) is 11.4 Å². The molecule has 148 valence electrons. The Balaban J connectivity index is 0.000000970. The Morgan fingerprint density at radius 3 is 2.82 bits per heavy atom. The molecule has 1 aliphatic rings. The molecule has 8 heteroatoms. The van der Waals surface area contributed by atoms with Crippen LogP contribution in [0.15, 0.2) is 30.6 Å². The third kappa shape index (κ3) is 3.71. The molecule has 0 aromatic carbocycles. The largest absolute Gasteiger partial charge is 0.461 e. The van der Waals surface area contributed by atoms with Crippen LogP contribution < -0.4 is 5.32 Å². The average molecular weight is 382 g/mol. The van der Waals surface area contributed by atoms with Crippen molar-refractivity contribution >= 4 is 17.7 Å². The van der Waals surface area contributed by atoms with Gasteiger partial charge in [0.1, 0.15) is 5.82 Å². The molecular formula is C20H26N6O2. The quantitative estimate of drug-likeness (QED) is 0.689. The predicted molar refractivity (Wildman–Crippen MR) is 109 cm³/mol. The number of fused-ring (bicyclic) bond motifs is 3. The molecule has 0 atom stereocenters. The van der Waals surface area contributed by atoms with Gasteiger partial charge in [-0.15, -0.1) is 0 Å². The van der Waals surface area contributed by atoms with E-state index in [-0.39, 0.29) is 1.43 Å². The molecule has 0 spiro atoms. The third-order valence-corrected chi connectivity index (χ3v) is 4.25. The molecule has 28 heavy (non-hydrogen) atoms. The van der Waals surface area contributed by atoms with Gasteiger partial charge in [0.05, 0.1) is 18.0 Å². The van der Waals surface area contributed by atoms with Gasteiger partial charge in [-0.05, 0) is 37.5 Å². The van der Waals surface area contributed by atoms with E-state index in [0.717, 1.165) is 28.9 Å². The first kappa shape index (κ1) is 19.5. The van der Waals surface area contributed by atoms with E-state index in [4.69, 9.17) is 4.74 Å². The third-order valence-electron chi connectivity index (χ3n) is 4.25. The molecule has 1 N–H and O–H groups in total. The minimum Gasteiger partial charge on any atom is -0.461 e. The standard InChI is InChI=1S/C18H18N6O2.C2H6.H2/c1-3-26-17(25)15-12-8-7-11-10-20-18(21-13-6-4-5-9-19-13)22-14(11)16(12)24(2)23-15;1-2;/h4-6,9-10H,3,7-8H2,1-2H3,(H,19,20,21,22);1-2H3;1H. The highest BCUT2D eigenvalue weighted by atomic mass is 16.5. The zero-order valence-electron chi connectivity index (χ0n) is 16.6. The molecular weight excluding hydrogens is 356 g/mol. The lowest BCUT2D eigenvalue weighted by Crippen LogP contribution is -2.12. The topological polar surface area (TPSA) is 94.8 Å². The van der Waals surface area contributed by atoms with E-state index in [1.807, 2.05) is 45.3 Å². The number of esters is 1. The second-order valence-corrected chi connectivity index (χ2v) is 5.93. The molecule has 0 unspecified atom stereocenters. The smallest absolute Gasteiger partial charge is 0.359 e. The lowest BCUT2D eigenvalue weighted by atomic mass is 9.93. The molecule has 3 aromatic heterocycles. The molecule has 0 amide bonds. The van der Waals surface area contributed by atoms with Gasteiger partial charge in [-0.25, -0.2) is 19.7 Å². The number of carbonyl (C=O) groups excluding carboxylic acids is 1. The SMILES string of the molecule is CC.CCOC(=O)c1nn(C)c2c1CCc1cnc(Nc3ccccn3)nc1-2.[HH]. The Bertz CT molecular complexity index is 975. The first-order valence-corrected chi connectivity index (χ1v) is 9.44. The van der Waals surface area contributed by atoms with Gasteiger partial charge in [-0.2, -0.15) is 5.10 Å². The molecule has 0 bridgehead atoms. The lowest BCUT2D eigenvalue weighted by Gasteiger charge is -2.17. The Kier molecular flexibility index (Phi) is 5.98. The van der Waals surface area contributed by atoms with Gasteiger partial charge >= 0.3 is 5.97 Å². The minimum atomic E-state index is -0.395. The van der Waals surface area contributed by atoms with Crippen molar-refractivity contribution in [3.8, 4) is 11.4 Å². The summed E-state index contributed by atoms with van der Waals surface area (Å²) in [6, 6.07) is 5.58. The van der Waals surface area contributed by atoms with Gasteiger partial charge in [0.2, 0.25) is 5.95 Å². The first-order chi connectivity index (χ1) is 13.7. The summed E-state index contributed by atoms with van der Waals surface area (Å²) in [5.41, 5.74) is 3.89. The number of rotatable bonds is 4. The average Bonchev–Trinajstić information content (AvgIpc) is 3.08. The molecule has 4 rings (SSSR count). The van der Waals surface area contributed by atoms with E-state index in [2.05, 4.69) is 25.4 Å². The second kappa shape index (κ2) is 8.60. The van der Waals surface area contributed by atoms with Gasteiger partial charge in [-0.3, -0.25) is 4.68 Å². The lowest BCUT2D eigenvalue weighted by molar-refractivity contribution is 0.0517. The van der Waals surface area contributed by atoms with Crippen LogP contribution in [0.5, 0.6) is 0 Å². The van der Waals surface area contributed by atoms with E-state index in [1.54, 1.807) is 17.8 Å². The molecule has 0 saturated carbocycles. The Hall–Kier alpha value is -3.29. The molecule has 3 heterocycles. The summed E-state index contributed by atoms with van der Waals surface area (Å²) in [4.78, 5) is 25.5. The van der Waals surface area contributed by atoms with Gasteiger partial charge in [0.15, 0.2) is 5.69 Å². The van der Waals surface area contributed by atoms with Crippen molar-refractivity contribution in [1.29, 1.82) is 0 Å². The molecule has 1 aliphatic carbocycles. The van der Waals surface area contributed by atoms with E-state index >= 15 is 0 Å². The van der Waals surface area contributed by atoms with Crippen molar-refractivity contribution in [3.63, 3.8) is 0 Å². The molecule has 0 fully saturated rings. The number of nitrogens with one attached hydrogen (secondary N) is 1. The summed E-state index contributed by atoms with van der Waals surface area (Å²) < 4.78 is 6.82. The van der Waals surface area contributed by atoms with E-state index in [0.29, 0.717) is 30.5 Å². The summed E-state index contributed by atoms with van der Waals surface area (Å²) in [5, 5.41) is 7.47. The van der Waals surface area contributed by atoms with Gasteiger partial charge < -0.3 is 10.1 Å². The maximum absolute atomic E-state index is 12.2. The molecule has 0 aliphatic heterocycles. The minimum absolute atomic E-state index is 0. The van der Waals surface area contributed by atoms with Crippen LogP contribution in [-0.2, 0) is 24.6 Å². The fourth-order valence-corrected chi connectivity index (χ4v) is 3.13. The summed E-state index contributed by atoms with van der Waals surface area (Å²) in [5.74, 6) is 0.726. The highest BCUT2D eigenvalue weighted by Gasteiger charge is 2.29. The fraction of sp³-hybridized carbons (Fsp3) is 0.350. The number of hydrogen-bond donors (Lipinski definition) is 1. The number of pyridine rings is 1. The van der Waals surface area contributed by atoms with Crippen molar-refractivity contribution in [1.82, 2.24) is 24.7 Å². The van der Waals surface area contributed by atoms with Crippen molar-refractivity contribution in [2.75, 3.05) is 11.9 Å². The molecule has 0 radical (unpaired) electrons. The van der Waals surface area contributed by atoms with Crippen LogP contribution in [0, 0.1) is 0 Å². The molecule has 8 nitrogen and oxygen atoms in total. The normalized spacial score (nSPS) is 11.6. The summed E-state index contributed by atoms with van der Waals surface area (Å²) in [6.07, 6.45) is 4.98. The zero-order valence-corrected chi connectivity index (χ0v) is 16.6. The Morgan fingerprint density at radius 1 is 1.29 bits per heavy atom. The van der Waals surface area contributed by atoms with Crippen LogP contribution in [0.3, 0.4) is 0 Å². The van der Waals surface area contributed by atoms with E-state index < -0.39 is 5.97 Å². The van der Waals surface area contributed by atoms with Gasteiger partial charge in [0.25, 0.3) is 0 Å². The number of aromatic nitrogens is 5. The summed E-state index contributed by atoms with van der Waals surface area (Å²) in [7, 11) is 1.81. The first-order valence-electron chi connectivity index (χ1n) is 9.44. The molecule has 3 aromatic rings. The number of hydrogen-bond acceptors (Lipinski definition) is 7. The van der Waals surface area contributed by atoms with E-state index in [9.17, 15) is 4.79 Å². The number of carbonyl (C=O) groups is 1. The van der Waals surface area contributed by atoms with Crippen molar-refractivity contribution < 1.29 is 11.0 Å². The number of ether oxygens (including phenoxy) is 1. The fourth-order valence-electron chi connectivity index (χ4n) is 3.13. The second-order valence-electron chi connectivity index (χ2n) is 5.93. The van der Waals surface area contributed by atoms with E-state index in [1.165, 1.54) is 0 Å². The highest BCUT2D eigenvalue weighted by molar-refractivity contribution is 5.91. The highest BCUT2D eigenvalue weighted by Crippen LogP contribution is 2.34. The monoisotopic (exact) mass is 382 g/mol. The summed E-state index contributed by atoms with van der Waals surface area (Å²) in [6.45, 7) is 6.10.